The number of nitrogens with one attached hydrogen (secondary N) is 1. The Kier molecular flexibility index (Phi) is 4.33. The Morgan fingerprint density at radius 3 is 2.52 bits per heavy atom. The van der Waals surface area contributed by atoms with E-state index in [0.717, 1.165) is 24.3 Å². The highest BCUT2D eigenvalue weighted by Crippen LogP contribution is 2.32. The molecule has 2 fully saturated rings. The van der Waals surface area contributed by atoms with E-state index in [4.69, 9.17) is 5.73 Å². The fraction of sp³-hybridized carbons (Fsp3) is 0.474. The summed E-state index contributed by atoms with van der Waals surface area (Å²) in [4.78, 5) is 51.4. The van der Waals surface area contributed by atoms with Crippen LogP contribution in [0.3, 0.4) is 0 Å². The smallest absolute Gasteiger partial charge is 0.255 e. The molecule has 2 saturated heterocycles. The van der Waals surface area contributed by atoms with Gasteiger partial charge in [0.2, 0.25) is 17.7 Å². The van der Waals surface area contributed by atoms with E-state index in [0.29, 0.717) is 31.4 Å². The lowest BCUT2D eigenvalue weighted by atomic mass is 9.95. The van der Waals surface area contributed by atoms with E-state index in [-0.39, 0.29) is 30.1 Å². The van der Waals surface area contributed by atoms with E-state index in [1.54, 1.807) is 4.90 Å². The molecule has 0 saturated carbocycles. The molecule has 4 amide bonds. The average Bonchev–Trinajstić information content (AvgIpc) is 2.98. The number of piperidine rings is 2. The Balaban J connectivity index is 1.49. The van der Waals surface area contributed by atoms with Crippen molar-refractivity contribution in [2.75, 3.05) is 18.0 Å². The molecule has 27 heavy (non-hydrogen) atoms. The van der Waals surface area contributed by atoms with Gasteiger partial charge in [-0.3, -0.25) is 24.5 Å². The predicted molar refractivity (Wildman–Crippen MR) is 96.6 cm³/mol. The summed E-state index contributed by atoms with van der Waals surface area (Å²) in [5.41, 5.74) is 7.82. The third-order valence-electron chi connectivity index (χ3n) is 5.77. The second kappa shape index (κ2) is 6.68. The monoisotopic (exact) mass is 370 g/mol. The highest BCUT2D eigenvalue weighted by atomic mass is 16.2. The topological polar surface area (TPSA) is 113 Å². The number of nitrogens with two attached hydrogens (primary N) is 1. The molecule has 1 aromatic rings. The minimum absolute atomic E-state index is 0.0830. The molecule has 1 aromatic carbocycles. The van der Waals surface area contributed by atoms with E-state index < -0.39 is 11.9 Å². The van der Waals surface area contributed by atoms with Crippen LogP contribution in [0.25, 0.3) is 0 Å². The number of carbonyl (C=O) groups excluding carboxylic acids is 4. The normalized spacial score (nSPS) is 23.4. The van der Waals surface area contributed by atoms with Gasteiger partial charge in [0.15, 0.2) is 0 Å². The van der Waals surface area contributed by atoms with Crippen LogP contribution in [0.15, 0.2) is 18.2 Å². The minimum atomic E-state index is -0.600. The van der Waals surface area contributed by atoms with Crippen LogP contribution in [0.2, 0.25) is 0 Å². The number of anilines is 1. The zero-order valence-electron chi connectivity index (χ0n) is 14.9. The number of primary amides is 1. The molecule has 0 bridgehead atoms. The van der Waals surface area contributed by atoms with Crippen LogP contribution in [-0.2, 0) is 20.9 Å². The first-order chi connectivity index (χ1) is 12.9. The van der Waals surface area contributed by atoms with Crippen LogP contribution in [0.4, 0.5) is 5.69 Å². The third kappa shape index (κ3) is 3.15. The standard InChI is InChI=1S/C19H22N4O4/c20-17(25)11-5-7-22(8-6-11)13-2-1-12-10-23(19(27)14(12)9-13)15-3-4-16(24)21-18(15)26/h1-2,9,11,15H,3-8,10H2,(H2,20,25)(H,21,24,26). The van der Waals surface area contributed by atoms with E-state index in [1.807, 2.05) is 18.2 Å². The SMILES string of the molecule is NC(=O)C1CCN(c2ccc3c(c2)C(=O)N(C2CCC(=O)NC2=O)C3)CC1. The van der Waals surface area contributed by atoms with E-state index in [2.05, 4.69) is 10.2 Å². The highest BCUT2D eigenvalue weighted by Gasteiger charge is 2.39. The van der Waals surface area contributed by atoms with Crippen LogP contribution in [-0.4, -0.2) is 47.7 Å². The largest absolute Gasteiger partial charge is 0.371 e. The van der Waals surface area contributed by atoms with Gasteiger partial charge in [0.1, 0.15) is 6.04 Å². The number of nitrogens with zero attached hydrogens (tertiary/aromatic N) is 2. The van der Waals surface area contributed by atoms with E-state index in [9.17, 15) is 19.2 Å². The molecule has 8 nitrogen and oxygen atoms in total. The number of hydrogen-bond acceptors (Lipinski definition) is 5. The molecular formula is C19H22N4O4. The second-order valence-corrected chi connectivity index (χ2v) is 7.41. The molecule has 3 N–H and O–H groups in total. The molecule has 1 unspecified atom stereocenters. The molecular weight excluding hydrogens is 348 g/mol. The predicted octanol–water partition coefficient (Wildman–Crippen LogP) is 0.149. The summed E-state index contributed by atoms with van der Waals surface area (Å²) >= 11 is 0. The van der Waals surface area contributed by atoms with Crippen molar-refractivity contribution in [3.8, 4) is 0 Å². The van der Waals surface area contributed by atoms with Crippen molar-refractivity contribution in [2.24, 2.45) is 11.7 Å². The van der Waals surface area contributed by atoms with Gasteiger partial charge in [-0.1, -0.05) is 6.07 Å². The van der Waals surface area contributed by atoms with E-state index >= 15 is 0 Å². The molecule has 1 atom stereocenters. The summed E-state index contributed by atoms with van der Waals surface area (Å²) in [6.07, 6.45) is 2.03. The summed E-state index contributed by atoms with van der Waals surface area (Å²) in [5.74, 6) is -1.20. The van der Waals surface area contributed by atoms with Gasteiger partial charge in [-0.2, -0.15) is 0 Å². The lowest BCUT2D eigenvalue weighted by Crippen LogP contribution is -2.52. The summed E-state index contributed by atoms with van der Waals surface area (Å²) in [6, 6.07) is 5.17. The zero-order valence-corrected chi connectivity index (χ0v) is 14.9. The van der Waals surface area contributed by atoms with Gasteiger partial charge in [-0.15, -0.1) is 0 Å². The molecule has 3 heterocycles. The van der Waals surface area contributed by atoms with Crippen molar-refractivity contribution in [2.45, 2.75) is 38.3 Å². The Labute approximate surface area is 156 Å². The number of hydrogen-bond donors (Lipinski definition) is 2. The molecule has 4 rings (SSSR count). The Morgan fingerprint density at radius 2 is 1.85 bits per heavy atom. The van der Waals surface area contributed by atoms with Gasteiger partial charge in [0.05, 0.1) is 0 Å². The molecule has 142 valence electrons. The van der Waals surface area contributed by atoms with Crippen LogP contribution >= 0.6 is 0 Å². The molecule has 3 aliphatic rings. The molecule has 0 aromatic heterocycles. The second-order valence-electron chi connectivity index (χ2n) is 7.41. The summed E-state index contributed by atoms with van der Waals surface area (Å²) in [7, 11) is 0. The molecule has 0 aliphatic carbocycles. The van der Waals surface area contributed by atoms with Gasteiger partial charge in [-0.05, 0) is 37.0 Å². The van der Waals surface area contributed by atoms with Gasteiger partial charge >= 0.3 is 0 Å². The fourth-order valence-corrected chi connectivity index (χ4v) is 4.16. The van der Waals surface area contributed by atoms with Crippen molar-refractivity contribution in [3.05, 3.63) is 29.3 Å². The molecule has 3 aliphatic heterocycles. The molecule has 0 radical (unpaired) electrons. The number of benzene rings is 1. The Hall–Kier alpha value is -2.90. The third-order valence-corrected chi connectivity index (χ3v) is 5.77. The summed E-state index contributed by atoms with van der Waals surface area (Å²) < 4.78 is 0. The van der Waals surface area contributed by atoms with Gasteiger partial charge in [0.25, 0.3) is 5.91 Å². The maximum Gasteiger partial charge on any atom is 0.255 e. The quantitative estimate of drug-likeness (QED) is 0.736. The van der Waals surface area contributed by atoms with E-state index in [1.165, 1.54) is 0 Å². The van der Waals surface area contributed by atoms with Crippen LogP contribution < -0.4 is 16.0 Å². The molecule has 0 spiro atoms. The Bertz CT molecular complexity index is 829. The maximum absolute atomic E-state index is 12.9. The first-order valence-electron chi connectivity index (χ1n) is 9.26. The average molecular weight is 370 g/mol. The lowest BCUT2D eigenvalue weighted by molar-refractivity contribution is -0.137. The first-order valence-corrected chi connectivity index (χ1v) is 9.26. The number of carbonyl (C=O) groups is 4. The number of amides is 4. The Morgan fingerprint density at radius 1 is 1.11 bits per heavy atom. The number of fused-ring (bicyclic) bond motifs is 1. The lowest BCUT2D eigenvalue weighted by Gasteiger charge is -2.32. The summed E-state index contributed by atoms with van der Waals surface area (Å²) in [5, 5.41) is 2.31. The number of imide groups is 1. The highest BCUT2D eigenvalue weighted by molar-refractivity contribution is 6.05. The zero-order chi connectivity index (χ0) is 19.1. The van der Waals surface area contributed by atoms with Crippen molar-refractivity contribution in [1.29, 1.82) is 0 Å². The number of rotatable bonds is 3. The van der Waals surface area contributed by atoms with Crippen molar-refractivity contribution < 1.29 is 19.2 Å². The fourth-order valence-electron chi connectivity index (χ4n) is 4.16. The van der Waals surface area contributed by atoms with Crippen LogP contribution in [0.1, 0.15) is 41.6 Å². The summed E-state index contributed by atoms with van der Waals surface area (Å²) in [6.45, 7) is 1.82. The van der Waals surface area contributed by atoms with Crippen LogP contribution in [0.5, 0.6) is 0 Å². The maximum atomic E-state index is 12.9. The van der Waals surface area contributed by atoms with Gasteiger partial charge in [0, 0.05) is 43.2 Å². The van der Waals surface area contributed by atoms with Gasteiger partial charge < -0.3 is 15.5 Å². The van der Waals surface area contributed by atoms with Crippen molar-refractivity contribution in [1.82, 2.24) is 10.2 Å². The van der Waals surface area contributed by atoms with Crippen molar-refractivity contribution in [3.63, 3.8) is 0 Å². The van der Waals surface area contributed by atoms with Crippen molar-refractivity contribution >= 4 is 29.3 Å². The van der Waals surface area contributed by atoms with Gasteiger partial charge in [-0.25, -0.2) is 0 Å². The first kappa shape index (κ1) is 17.5. The van der Waals surface area contributed by atoms with Crippen LogP contribution in [0, 0.1) is 5.92 Å². The molecule has 8 heteroatoms. The minimum Gasteiger partial charge on any atom is -0.371 e.